The van der Waals surface area contributed by atoms with Crippen molar-refractivity contribution in [3.63, 3.8) is 0 Å². The van der Waals surface area contributed by atoms with Crippen LogP contribution in [0.1, 0.15) is 5.56 Å². The predicted molar refractivity (Wildman–Crippen MR) is 77.4 cm³/mol. The maximum absolute atomic E-state index is 13.6. The summed E-state index contributed by atoms with van der Waals surface area (Å²) in [5.41, 5.74) is -0.0561. The predicted octanol–water partition coefficient (Wildman–Crippen LogP) is 3.04. The molecular weight excluding hydrogens is 408 g/mol. The average Bonchev–Trinajstić information content (AvgIpc) is 2.77. The third-order valence-electron chi connectivity index (χ3n) is 2.07. The highest BCUT2D eigenvalue weighted by molar-refractivity contribution is 9.11. The summed E-state index contributed by atoms with van der Waals surface area (Å²) in [6, 6.07) is 1.00. The molecule has 1 heterocycles. The molecule has 0 saturated carbocycles. The molecule has 1 aliphatic heterocycles. The number of nitrogens with one attached hydrogen (secondary N) is 1. The van der Waals surface area contributed by atoms with E-state index in [1.165, 1.54) is 11.8 Å². The van der Waals surface area contributed by atoms with Crippen LogP contribution in [0.15, 0.2) is 25.2 Å². The van der Waals surface area contributed by atoms with Gasteiger partial charge in [-0.1, -0.05) is 11.8 Å². The van der Waals surface area contributed by atoms with Gasteiger partial charge in [-0.15, -0.1) is 5.10 Å². The number of halogens is 4. The lowest BCUT2D eigenvalue weighted by molar-refractivity contribution is -0.116. The van der Waals surface area contributed by atoms with Crippen LogP contribution in [0.4, 0.5) is 8.78 Å². The van der Waals surface area contributed by atoms with Crippen LogP contribution in [-0.4, -0.2) is 23.0 Å². The Balaban J connectivity index is 2.24. The summed E-state index contributed by atoms with van der Waals surface area (Å²) in [4.78, 5) is 10.9. The molecule has 0 aliphatic carbocycles. The molecule has 1 aliphatic rings. The van der Waals surface area contributed by atoms with E-state index >= 15 is 0 Å². The second-order valence-electron chi connectivity index (χ2n) is 3.37. The van der Waals surface area contributed by atoms with Crippen LogP contribution in [0.3, 0.4) is 0 Å². The van der Waals surface area contributed by atoms with Gasteiger partial charge in [0.05, 0.1) is 20.9 Å². The minimum Gasteiger partial charge on any atom is -0.303 e. The highest BCUT2D eigenvalue weighted by atomic mass is 79.9. The summed E-state index contributed by atoms with van der Waals surface area (Å²) >= 11 is 7.03. The van der Waals surface area contributed by atoms with Crippen LogP contribution in [0.25, 0.3) is 0 Å². The summed E-state index contributed by atoms with van der Waals surface area (Å²) < 4.78 is 27.1. The highest BCUT2D eigenvalue weighted by Gasteiger charge is 2.16. The number of hydrogen-bond donors (Lipinski definition) is 1. The number of nitrogens with zero attached hydrogens (tertiary/aromatic N) is 2. The summed E-state index contributed by atoms with van der Waals surface area (Å²) in [6.45, 7) is 0. The van der Waals surface area contributed by atoms with E-state index < -0.39 is 11.6 Å². The van der Waals surface area contributed by atoms with Gasteiger partial charge in [-0.2, -0.15) is 5.10 Å². The fourth-order valence-corrected chi connectivity index (χ4v) is 3.02. The Kier molecular flexibility index (Phi) is 4.69. The van der Waals surface area contributed by atoms with Gasteiger partial charge in [-0.25, -0.2) is 8.78 Å². The molecule has 0 radical (unpaired) electrons. The van der Waals surface area contributed by atoms with Crippen molar-refractivity contribution in [1.82, 2.24) is 5.32 Å². The maximum Gasteiger partial charge on any atom is 0.236 e. The first-order chi connectivity index (χ1) is 8.99. The van der Waals surface area contributed by atoms with Gasteiger partial charge in [-0.05, 0) is 37.9 Å². The van der Waals surface area contributed by atoms with E-state index in [1.54, 1.807) is 0 Å². The summed E-state index contributed by atoms with van der Waals surface area (Å²) in [5.74, 6) is -1.16. The third-order valence-corrected chi connectivity index (χ3v) is 4.29. The molecule has 100 valence electrons. The first kappa shape index (κ1) is 14.6. The van der Waals surface area contributed by atoms with Gasteiger partial charge >= 0.3 is 0 Å². The molecule has 1 amide bonds. The fraction of sp³-hybridized carbons (Fsp3) is 0.100. The molecule has 1 saturated heterocycles. The number of benzene rings is 1. The van der Waals surface area contributed by atoms with E-state index in [0.717, 1.165) is 12.3 Å². The largest absolute Gasteiger partial charge is 0.303 e. The van der Waals surface area contributed by atoms with Gasteiger partial charge in [-0.3, -0.25) is 4.79 Å². The molecular formula is C10H5Br2F2N3OS. The molecule has 1 aromatic carbocycles. The molecule has 0 atom stereocenters. The normalized spacial score (nSPS) is 17.5. The SMILES string of the molecule is O=C1CSC(=NN=Cc2c(F)cc(Br)c(F)c2Br)N1. The van der Waals surface area contributed by atoms with Gasteiger partial charge in [0.1, 0.15) is 5.82 Å². The Morgan fingerprint density at radius 1 is 1.42 bits per heavy atom. The van der Waals surface area contributed by atoms with Gasteiger partial charge < -0.3 is 5.32 Å². The van der Waals surface area contributed by atoms with Crippen LogP contribution in [-0.2, 0) is 4.79 Å². The molecule has 19 heavy (non-hydrogen) atoms. The van der Waals surface area contributed by atoms with Crippen LogP contribution >= 0.6 is 43.6 Å². The lowest BCUT2D eigenvalue weighted by atomic mass is 10.2. The monoisotopic (exact) mass is 411 g/mol. The zero-order valence-electron chi connectivity index (χ0n) is 9.08. The summed E-state index contributed by atoms with van der Waals surface area (Å²) in [7, 11) is 0. The van der Waals surface area contributed by atoms with Crippen LogP contribution in [0, 0.1) is 11.6 Å². The first-order valence-corrected chi connectivity index (χ1v) is 7.43. The molecule has 1 N–H and O–H groups in total. The zero-order chi connectivity index (χ0) is 14.0. The molecule has 2 rings (SSSR count). The Morgan fingerprint density at radius 3 is 2.79 bits per heavy atom. The van der Waals surface area contributed by atoms with Gasteiger partial charge in [0.2, 0.25) is 5.91 Å². The van der Waals surface area contributed by atoms with E-state index in [4.69, 9.17) is 0 Å². The van der Waals surface area contributed by atoms with Crippen molar-refractivity contribution >= 4 is 60.9 Å². The number of amidine groups is 1. The van der Waals surface area contributed by atoms with E-state index in [0.29, 0.717) is 5.17 Å². The Labute approximate surface area is 128 Å². The summed E-state index contributed by atoms with van der Waals surface area (Å²) in [5, 5.41) is 10.1. The lowest BCUT2D eigenvalue weighted by Gasteiger charge is -2.03. The number of carbonyl (C=O) groups excluding carboxylic acids is 1. The van der Waals surface area contributed by atoms with E-state index in [2.05, 4.69) is 47.4 Å². The molecule has 1 aromatic rings. The van der Waals surface area contributed by atoms with Crippen molar-refractivity contribution in [3.05, 3.63) is 32.2 Å². The van der Waals surface area contributed by atoms with Crippen LogP contribution in [0.2, 0.25) is 0 Å². The van der Waals surface area contributed by atoms with Gasteiger partial charge in [0.25, 0.3) is 0 Å². The van der Waals surface area contributed by atoms with Crippen LogP contribution < -0.4 is 5.32 Å². The minimum absolute atomic E-state index is 0.0129. The number of amides is 1. The maximum atomic E-state index is 13.6. The number of carbonyl (C=O) groups is 1. The summed E-state index contributed by atoms with van der Waals surface area (Å²) in [6.07, 6.45) is 1.08. The Bertz CT molecular complexity index is 607. The van der Waals surface area contributed by atoms with Crippen molar-refractivity contribution in [1.29, 1.82) is 0 Å². The number of hydrogen-bond acceptors (Lipinski definition) is 4. The Hall–Kier alpha value is -0.800. The van der Waals surface area contributed by atoms with Crippen molar-refractivity contribution in [2.75, 3.05) is 5.75 Å². The van der Waals surface area contributed by atoms with Gasteiger partial charge in [0.15, 0.2) is 11.0 Å². The average molecular weight is 413 g/mol. The van der Waals surface area contributed by atoms with Crippen molar-refractivity contribution < 1.29 is 13.6 Å². The topological polar surface area (TPSA) is 53.8 Å². The Morgan fingerprint density at radius 2 is 2.16 bits per heavy atom. The van der Waals surface area contributed by atoms with E-state index in [1.807, 2.05) is 0 Å². The second-order valence-corrected chi connectivity index (χ2v) is 5.98. The molecule has 0 unspecified atom stereocenters. The van der Waals surface area contributed by atoms with Crippen molar-refractivity contribution in [2.45, 2.75) is 0 Å². The number of rotatable bonds is 2. The van der Waals surface area contributed by atoms with Crippen LogP contribution in [0.5, 0.6) is 0 Å². The van der Waals surface area contributed by atoms with E-state index in [-0.39, 0.29) is 26.2 Å². The lowest BCUT2D eigenvalue weighted by Crippen LogP contribution is -2.19. The van der Waals surface area contributed by atoms with Gasteiger partial charge in [0, 0.05) is 5.56 Å². The smallest absolute Gasteiger partial charge is 0.236 e. The fourth-order valence-electron chi connectivity index (χ4n) is 1.22. The standard InChI is InChI=1S/C10H5Br2F2N3OS/c11-5-1-6(13)4(8(12)9(5)14)2-15-17-10-16-7(18)3-19-10/h1-2H,3H2,(H,16,17,18). The third kappa shape index (κ3) is 3.40. The molecule has 0 spiro atoms. The van der Waals surface area contributed by atoms with Crippen molar-refractivity contribution in [2.24, 2.45) is 10.2 Å². The first-order valence-electron chi connectivity index (χ1n) is 4.85. The molecule has 1 fully saturated rings. The second kappa shape index (κ2) is 6.10. The zero-order valence-corrected chi connectivity index (χ0v) is 13.1. The number of thioether (sulfide) groups is 1. The molecule has 0 aromatic heterocycles. The minimum atomic E-state index is -0.646. The van der Waals surface area contributed by atoms with Crippen molar-refractivity contribution in [3.8, 4) is 0 Å². The van der Waals surface area contributed by atoms with E-state index in [9.17, 15) is 13.6 Å². The highest BCUT2D eigenvalue weighted by Crippen LogP contribution is 2.28. The molecule has 0 bridgehead atoms. The molecule has 4 nitrogen and oxygen atoms in total. The molecule has 9 heteroatoms. The quantitative estimate of drug-likeness (QED) is 0.351.